The number of anilines is 2. The predicted octanol–water partition coefficient (Wildman–Crippen LogP) is 3.56. The van der Waals surface area contributed by atoms with Crippen LogP contribution in [0.1, 0.15) is 30.3 Å². The van der Waals surface area contributed by atoms with Crippen LogP contribution < -0.4 is 10.6 Å². The second-order valence-electron chi connectivity index (χ2n) is 6.11. The van der Waals surface area contributed by atoms with E-state index in [2.05, 4.69) is 10.6 Å². The fourth-order valence-electron chi connectivity index (χ4n) is 2.91. The number of furan rings is 1. The molecule has 7 heteroatoms. The molecule has 0 bridgehead atoms. The molecule has 2 aromatic rings. The summed E-state index contributed by atoms with van der Waals surface area (Å²) in [5, 5.41) is 6.26. The summed E-state index contributed by atoms with van der Waals surface area (Å²) < 4.78 is 10.1. The Morgan fingerprint density at radius 2 is 1.85 bits per heavy atom. The first kappa shape index (κ1) is 17.8. The number of nitrogens with one attached hydrogen (secondary N) is 2. The molecule has 1 fully saturated rings. The third-order valence-corrected chi connectivity index (χ3v) is 4.28. The van der Waals surface area contributed by atoms with E-state index in [1.807, 2.05) is 31.2 Å². The van der Waals surface area contributed by atoms with Crippen LogP contribution in [-0.2, 0) is 4.74 Å². The summed E-state index contributed by atoms with van der Waals surface area (Å²) in [6.45, 7) is 3.59. The zero-order valence-electron chi connectivity index (χ0n) is 14.7. The maximum atomic E-state index is 11.9. The molecule has 0 saturated carbocycles. The lowest BCUT2D eigenvalue weighted by Gasteiger charge is -2.32. The largest absolute Gasteiger partial charge is 0.459 e. The molecule has 26 heavy (non-hydrogen) atoms. The number of hydrogen-bond donors (Lipinski definition) is 2. The summed E-state index contributed by atoms with van der Waals surface area (Å²) in [5.41, 5.74) is 1.68. The molecule has 0 atom stereocenters. The highest BCUT2D eigenvalue weighted by Gasteiger charge is 2.23. The average molecular weight is 357 g/mol. The molecule has 1 aliphatic rings. The van der Waals surface area contributed by atoms with Gasteiger partial charge < -0.3 is 24.7 Å². The second-order valence-corrected chi connectivity index (χ2v) is 6.11. The quantitative estimate of drug-likeness (QED) is 0.855. The second kappa shape index (κ2) is 8.42. The lowest BCUT2D eigenvalue weighted by Crippen LogP contribution is -2.42. The minimum atomic E-state index is -0.276. The zero-order chi connectivity index (χ0) is 18.4. The fourth-order valence-corrected chi connectivity index (χ4v) is 2.91. The van der Waals surface area contributed by atoms with Gasteiger partial charge in [-0.2, -0.15) is 0 Å². The van der Waals surface area contributed by atoms with Crippen LogP contribution in [0, 0.1) is 0 Å². The Kier molecular flexibility index (Phi) is 5.78. The van der Waals surface area contributed by atoms with Crippen molar-refractivity contribution in [3.63, 3.8) is 0 Å². The Morgan fingerprint density at radius 1 is 1.15 bits per heavy atom. The predicted molar refractivity (Wildman–Crippen MR) is 98.3 cm³/mol. The van der Waals surface area contributed by atoms with E-state index < -0.39 is 0 Å². The smallest absolute Gasteiger partial charge is 0.409 e. The molecule has 0 spiro atoms. The molecule has 0 radical (unpaired) electrons. The molecule has 0 unspecified atom stereocenters. The van der Waals surface area contributed by atoms with Gasteiger partial charge in [0.1, 0.15) is 0 Å². The van der Waals surface area contributed by atoms with Gasteiger partial charge in [0.05, 0.1) is 12.9 Å². The highest BCUT2D eigenvalue weighted by Crippen LogP contribution is 2.19. The minimum Gasteiger partial charge on any atom is -0.459 e. The van der Waals surface area contributed by atoms with Crippen LogP contribution in [0.3, 0.4) is 0 Å². The van der Waals surface area contributed by atoms with Crippen molar-refractivity contribution in [1.29, 1.82) is 0 Å². The van der Waals surface area contributed by atoms with E-state index in [9.17, 15) is 9.59 Å². The van der Waals surface area contributed by atoms with Crippen LogP contribution in [-0.4, -0.2) is 42.6 Å². The number of carbonyl (C=O) groups is 2. The lowest BCUT2D eigenvalue weighted by molar-refractivity contribution is 0.0979. The Hall–Kier alpha value is -2.96. The van der Waals surface area contributed by atoms with Crippen molar-refractivity contribution in [3.8, 4) is 0 Å². The van der Waals surface area contributed by atoms with Gasteiger partial charge in [-0.25, -0.2) is 4.79 Å². The topological polar surface area (TPSA) is 83.8 Å². The molecule has 138 valence electrons. The number of likely N-dealkylation sites (tertiary alicyclic amines) is 1. The van der Waals surface area contributed by atoms with Gasteiger partial charge >= 0.3 is 6.09 Å². The van der Waals surface area contributed by atoms with Crippen molar-refractivity contribution in [2.75, 3.05) is 30.3 Å². The monoisotopic (exact) mass is 357 g/mol. The molecule has 1 aromatic carbocycles. The molecule has 1 aliphatic heterocycles. The third-order valence-electron chi connectivity index (χ3n) is 4.28. The Bertz CT molecular complexity index is 720. The summed E-state index contributed by atoms with van der Waals surface area (Å²) in [5.74, 6) is 0.00241. The maximum absolute atomic E-state index is 11.9. The maximum Gasteiger partial charge on any atom is 0.409 e. The van der Waals surface area contributed by atoms with E-state index >= 15 is 0 Å². The number of benzene rings is 1. The highest BCUT2D eigenvalue weighted by atomic mass is 16.6. The first-order chi connectivity index (χ1) is 12.7. The van der Waals surface area contributed by atoms with E-state index in [-0.39, 0.29) is 17.8 Å². The molecule has 2 amide bonds. The van der Waals surface area contributed by atoms with Gasteiger partial charge in [-0.05, 0) is 56.2 Å². The van der Waals surface area contributed by atoms with Gasteiger partial charge in [0, 0.05) is 30.5 Å². The first-order valence-electron chi connectivity index (χ1n) is 8.79. The standard InChI is InChI=1S/C19H23N3O4/c1-2-25-19(24)22-11-9-16(10-12-22)20-14-5-7-15(8-6-14)21-18(23)17-4-3-13-26-17/h3-8,13,16,20H,2,9-12H2,1H3,(H,21,23). The van der Waals surface area contributed by atoms with Gasteiger partial charge in [0.2, 0.25) is 0 Å². The van der Waals surface area contributed by atoms with Crippen LogP contribution >= 0.6 is 0 Å². The summed E-state index contributed by atoms with van der Waals surface area (Å²) in [7, 11) is 0. The highest BCUT2D eigenvalue weighted by molar-refractivity contribution is 6.02. The van der Waals surface area contributed by atoms with Crippen molar-refractivity contribution < 1.29 is 18.7 Å². The van der Waals surface area contributed by atoms with E-state index in [1.54, 1.807) is 17.0 Å². The third kappa shape index (κ3) is 4.56. The number of carbonyl (C=O) groups excluding carboxylic acids is 2. The summed E-state index contributed by atoms with van der Waals surface area (Å²) in [6, 6.07) is 11.1. The van der Waals surface area contributed by atoms with Gasteiger partial charge in [0.25, 0.3) is 5.91 Å². The Morgan fingerprint density at radius 3 is 2.46 bits per heavy atom. The number of ether oxygens (including phenoxy) is 1. The molecule has 1 aromatic heterocycles. The number of hydrogen-bond acceptors (Lipinski definition) is 5. The fraction of sp³-hybridized carbons (Fsp3) is 0.368. The van der Waals surface area contributed by atoms with Gasteiger partial charge in [-0.1, -0.05) is 0 Å². The van der Waals surface area contributed by atoms with Crippen LogP contribution in [0.25, 0.3) is 0 Å². The Labute approximate surface area is 152 Å². The summed E-state index contributed by atoms with van der Waals surface area (Å²) in [6.07, 6.45) is 2.98. The summed E-state index contributed by atoms with van der Waals surface area (Å²) in [4.78, 5) is 25.4. The normalized spacial score (nSPS) is 14.7. The van der Waals surface area contributed by atoms with Crippen molar-refractivity contribution in [1.82, 2.24) is 4.90 Å². The molecule has 7 nitrogen and oxygen atoms in total. The minimum absolute atomic E-state index is 0.234. The molecular weight excluding hydrogens is 334 g/mol. The molecule has 0 aliphatic carbocycles. The van der Waals surface area contributed by atoms with E-state index in [0.29, 0.717) is 31.4 Å². The van der Waals surface area contributed by atoms with Crippen LogP contribution in [0.15, 0.2) is 47.1 Å². The molecule has 1 saturated heterocycles. The average Bonchev–Trinajstić information content (AvgIpc) is 3.19. The van der Waals surface area contributed by atoms with E-state index in [0.717, 1.165) is 18.5 Å². The van der Waals surface area contributed by atoms with Gasteiger partial charge in [-0.3, -0.25) is 4.79 Å². The van der Waals surface area contributed by atoms with Crippen LogP contribution in [0.2, 0.25) is 0 Å². The van der Waals surface area contributed by atoms with Crippen molar-refractivity contribution >= 4 is 23.4 Å². The van der Waals surface area contributed by atoms with Crippen LogP contribution in [0.4, 0.5) is 16.2 Å². The molecule has 2 heterocycles. The van der Waals surface area contributed by atoms with E-state index in [1.165, 1.54) is 6.26 Å². The number of rotatable bonds is 5. The Balaban J connectivity index is 1.48. The number of nitrogens with zero attached hydrogens (tertiary/aromatic N) is 1. The van der Waals surface area contributed by atoms with Crippen molar-refractivity contribution in [2.45, 2.75) is 25.8 Å². The lowest BCUT2D eigenvalue weighted by atomic mass is 10.0. The summed E-state index contributed by atoms with van der Waals surface area (Å²) >= 11 is 0. The molecule has 3 rings (SSSR count). The van der Waals surface area contributed by atoms with Crippen LogP contribution in [0.5, 0.6) is 0 Å². The van der Waals surface area contributed by atoms with E-state index in [4.69, 9.17) is 9.15 Å². The number of piperidine rings is 1. The molecular formula is C19H23N3O4. The van der Waals surface area contributed by atoms with Crippen molar-refractivity contribution in [2.24, 2.45) is 0 Å². The van der Waals surface area contributed by atoms with Gasteiger partial charge in [-0.15, -0.1) is 0 Å². The molecule has 2 N–H and O–H groups in total. The zero-order valence-corrected chi connectivity index (χ0v) is 14.7. The first-order valence-corrected chi connectivity index (χ1v) is 8.79. The van der Waals surface area contributed by atoms with Gasteiger partial charge in [0.15, 0.2) is 5.76 Å². The number of amides is 2. The van der Waals surface area contributed by atoms with Crippen molar-refractivity contribution in [3.05, 3.63) is 48.4 Å². The SMILES string of the molecule is CCOC(=O)N1CCC(Nc2ccc(NC(=O)c3ccco3)cc2)CC1.